The van der Waals surface area contributed by atoms with E-state index in [0.29, 0.717) is 19.7 Å². The van der Waals surface area contributed by atoms with Crippen molar-refractivity contribution in [3.8, 4) is 0 Å². The van der Waals surface area contributed by atoms with Gasteiger partial charge in [0.15, 0.2) is 0 Å². The monoisotopic (exact) mass is 416 g/mol. The van der Waals surface area contributed by atoms with Crippen LogP contribution in [-0.4, -0.2) is 37.6 Å². The third kappa shape index (κ3) is 6.27. The fourth-order valence-corrected chi connectivity index (χ4v) is 3.72. The molecule has 4 heteroatoms. The lowest BCUT2D eigenvalue weighted by Crippen LogP contribution is -2.33. The molecular weight excluding hydrogens is 384 g/mol. The highest BCUT2D eigenvalue weighted by Crippen LogP contribution is 2.28. The molecule has 3 aromatic carbocycles. The van der Waals surface area contributed by atoms with Crippen molar-refractivity contribution in [1.29, 1.82) is 0 Å². The molecule has 1 amide bonds. The Morgan fingerprint density at radius 3 is 2.16 bits per heavy atom. The first-order chi connectivity index (χ1) is 15.0. The SMILES string of the molecule is Cc1ccccc1C(OCCN(C)CC(=O)Nc1c(C)cccc1C)c1ccccc1. The van der Waals surface area contributed by atoms with Gasteiger partial charge in [-0.25, -0.2) is 0 Å². The van der Waals surface area contributed by atoms with Gasteiger partial charge >= 0.3 is 0 Å². The van der Waals surface area contributed by atoms with Crippen LogP contribution >= 0.6 is 0 Å². The Morgan fingerprint density at radius 2 is 1.48 bits per heavy atom. The lowest BCUT2D eigenvalue weighted by Gasteiger charge is -2.23. The highest BCUT2D eigenvalue weighted by molar-refractivity contribution is 5.93. The number of nitrogens with zero attached hydrogens (tertiary/aromatic N) is 1. The second-order valence-corrected chi connectivity index (χ2v) is 8.07. The number of likely N-dealkylation sites (N-methyl/N-ethyl adjacent to an activating group) is 1. The summed E-state index contributed by atoms with van der Waals surface area (Å²) in [5.74, 6) is -0.0154. The van der Waals surface area contributed by atoms with Crippen LogP contribution in [0.4, 0.5) is 5.69 Å². The third-order valence-electron chi connectivity index (χ3n) is 5.49. The number of amides is 1. The first-order valence-corrected chi connectivity index (χ1v) is 10.7. The molecular formula is C27H32N2O2. The summed E-state index contributed by atoms with van der Waals surface area (Å²) in [5, 5.41) is 3.05. The van der Waals surface area contributed by atoms with Gasteiger partial charge in [0.2, 0.25) is 5.91 Å². The summed E-state index contributed by atoms with van der Waals surface area (Å²) in [6.07, 6.45) is -0.126. The Hall–Kier alpha value is -2.95. The minimum Gasteiger partial charge on any atom is -0.367 e. The average Bonchev–Trinajstić information content (AvgIpc) is 2.75. The Kier molecular flexibility index (Phi) is 7.99. The standard InChI is InChI=1S/C27H32N2O2/c1-20-11-8-9-16-24(20)27(23-14-6-5-7-15-23)31-18-17-29(4)19-25(30)28-26-21(2)12-10-13-22(26)3/h5-16,27H,17-19H2,1-4H3,(H,28,30). The molecule has 0 aliphatic rings. The van der Waals surface area contributed by atoms with Crippen molar-refractivity contribution in [2.75, 3.05) is 32.1 Å². The maximum Gasteiger partial charge on any atom is 0.238 e. The average molecular weight is 417 g/mol. The van der Waals surface area contributed by atoms with Crippen LogP contribution in [0.1, 0.15) is 33.9 Å². The summed E-state index contributed by atoms with van der Waals surface area (Å²) in [7, 11) is 1.94. The molecule has 1 N–H and O–H groups in total. The van der Waals surface area contributed by atoms with Crippen LogP contribution in [0.3, 0.4) is 0 Å². The van der Waals surface area contributed by atoms with Crippen LogP contribution in [0.15, 0.2) is 72.8 Å². The highest BCUT2D eigenvalue weighted by Gasteiger charge is 2.17. The van der Waals surface area contributed by atoms with Crippen molar-refractivity contribution >= 4 is 11.6 Å². The Bertz CT molecular complexity index is 981. The molecule has 0 saturated carbocycles. The molecule has 1 unspecified atom stereocenters. The summed E-state index contributed by atoms with van der Waals surface area (Å²) in [6.45, 7) is 7.64. The second-order valence-electron chi connectivity index (χ2n) is 8.07. The number of hydrogen-bond acceptors (Lipinski definition) is 3. The molecule has 0 fully saturated rings. The maximum absolute atomic E-state index is 12.5. The summed E-state index contributed by atoms with van der Waals surface area (Å²) in [6, 6.07) is 24.6. The van der Waals surface area contributed by atoms with Gasteiger partial charge in [-0.3, -0.25) is 9.69 Å². The molecule has 0 aliphatic heterocycles. The van der Waals surface area contributed by atoms with Crippen LogP contribution in [0.25, 0.3) is 0 Å². The van der Waals surface area contributed by atoms with Gasteiger partial charge in [-0.2, -0.15) is 0 Å². The number of anilines is 1. The van der Waals surface area contributed by atoms with E-state index in [0.717, 1.165) is 22.4 Å². The molecule has 31 heavy (non-hydrogen) atoms. The predicted octanol–water partition coefficient (Wildman–Crippen LogP) is 5.29. The van der Waals surface area contributed by atoms with Gasteiger partial charge in [0.25, 0.3) is 0 Å². The first kappa shape index (κ1) is 22.7. The van der Waals surface area contributed by atoms with Crippen LogP contribution in [-0.2, 0) is 9.53 Å². The molecule has 0 heterocycles. The molecule has 0 spiro atoms. The van der Waals surface area contributed by atoms with Gasteiger partial charge in [0.05, 0.1) is 13.2 Å². The van der Waals surface area contributed by atoms with Crippen LogP contribution in [0.2, 0.25) is 0 Å². The minimum atomic E-state index is -0.126. The zero-order valence-corrected chi connectivity index (χ0v) is 18.9. The van der Waals surface area contributed by atoms with E-state index >= 15 is 0 Å². The van der Waals surface area contributed by atoms with E-state index in [4.69, 9.17) is 4.74 Å². The molecule has 162 valence electrons. The molecule has 3 rings (SSSR count). The van der Waals surface area contributed by atoms with E-state index in [1.54, 1.807) is 0 Å². The molecule has 3 aromatic rings. The van der Waals surface area contributed by atoms with E-state index in [-0.39, 0.29) is 12.0 Å². The predicted molar refractivity (Wildman–Crippen MR) is 127 cm³/mol. The van der Waals surface area contributed by atoms with E-state index in [2.05, 4.69) is 36.5 Å². The summed E-state index contributed by atoms with van der Waals surface area (Å²) < 4.78 is 6.33. The molecule has 1 atom stereocenters. The molecule has 0 saturated heterocycles. The maximum atomic E-state index is 12.5. The van der Waals surface area contributed by atoms with E-state index < -0.39 is 0 Å². The lowest BCUT2D eigenvalue weighted by atomic mass is 9.97. The smallest absolute Gasteiger partial charge is 0.238 e. The minimum absolute atomic E-state index is 0.0154. The number of carbonyl (C=O) groups excluding carboxylic acids is 1. The van der Waals surface area contributed by atoms with Crippen molar-refractivity contribution in [3.63, 3.8) is 0 Å². The number of hydrogen-bond donors (Lipinski definition) is 1. The molecule has 0 aliphatic carbocycles. The summed E-state index contributed by atoms with van der Waals surface area (Å²) in [4.78, 5) is 14.5. The number of ether oxygens (including phenoxy) is 1. The zero-order chi connectivity index (χ0) is 22.2. The van der Waals surface area contributed by atoms with Gasteiger partial charge in [-0.1, -0.05) is 72.8 Å². The van der Waals surface area contributed by atoms with Crippen molar-refractivity contribution in [2.45, 2.75) is 26.9 Å². The number of rotatable bonds is 9. The van der Waals surface area contributed by atoms with E-state index in [1.807, 2.05) is 74.3 Å². The molecule has 0 radical (unpaired) electrons. The number of aryl methyl sites for hydroxylation is 3. The van der Waals surface area contributed by atoms with Crippen molar-refractivity contribution < 1.29 is 9.53 Å². The largest absolute Gasteiger partial charge is 0.367 e. The normalized spacial score (nSPS) is 12.0. The topological polar surface area (TPSA) is 41.6 Å². The number of nitrogens with one attached hydrogen (secondary N) is 1. The van der Waals surface area contributed by atoms with Crippen molar-refractivity contribution in [3.05, 3.63) is 101 Å². The van der Waals surface area contributed by atoms with Gasteiger partial charge in [0.1, 0.15) is 6.10 Å². The fraction of sp³-hybridized carbons (Fsp3) is 0.296. The Labute approximate surface area is 185 Å². The summed E-state index contributed by atoms with van der Waals surface area (Å²) in [5.41, 5.74) is 6.56. The third-order valence-corrected chi connectivity index (χ3v) is 5.49. The number of para-hydroxylation sites is 1. The fourth-order valence-electron chi connectivity index (χ4n) is 3.72. The first-order valence-electron chi connectivity index (χ1n) is 10.7. The molecule has 0 aromatic heterocycles. The van der Waals surface area contributed by atoms with Crippen LogP contribution in [0, 0.1) is 20.8 Å². The molecule has 0 bridgehead atoms. The van der Waals surface area contributed by atoms with Crippen LogP contribution < -0.4 is 5.32 Å². The zero-order valence-electron chi connectivity index (χ0n) is 18.9. The van der Waals surface area contributed by atoms with Gasteiger partial charge in [-0.05, 0) is 55.6 Å². The number of benzene rings is 3. The van der Waals surface area contributed by atoms with E-state index in [1.165, 1.54) is 11.1 Å². The van der Waals surface area contributed by atoms with Gasteiger partial charge in [0, 0.05) is 12.2 Å². The number of carbonyl (C=O) groups is 1. The highest BCUT2D eigenvalue weighted by atomic mass is 16.5. The second kappa shape index (κ2) is 10.9. The van der Waals surface area contributed by atoms with Gasteiger partial charge in [-0.15, -0.1) is 0 Å². The quantitative estimate of drug-likeness (QED) is 0.515. The van der Waals surface area contributed by atoms with Crippen molar-refractivity contribution in [2.24, 2.45) is 0 Å². The molecule has 4 nitrogen and oxygen atoms in total. The summed E-state index contributed by atoms with van der Waals surface area (Å²) >= 11 is 0. The van der Waals surface area contributed by atoms with Gasteiger partial charge < -0.3 is 10.1 Å². The van der Waals surface area contributed by atoms with Crippen LogP contribution in [0.5, 0.6) is 0 Å². The van der Waals surface area contributed by atoms with E-state index in [9.17, 15) is 4.79 Å². The Morgan fingerprint density at radius 1 is 0.871 bits per heavy atom. The lowest BCUT2D eigenvalue weighted by molar-refractivity contribution is -0.117. The van der Waals surface area contributed by atoms with Crippen molar-refractivity contribution in [1.82, 2.24) is 4.90 Å². The Balaban J connectivity index is 1.58.